The summed E-state index contributed by atoms with van der Waals surface area (Å²) >= 11 is 0. The lowest BCUT2D eigenvalue weighted by Crippen LogP contribution is -2.28. The molecule has 0 aliphatic carbocycles. The van der Waals surface area contributed by atoms with Crippen molar-refractivity contribution in [3.05, 3.63) is 35.5 Å². The number of methoxy groups -OCH3 is 2. The van der Waals surface area contributed by atoms with Crippen LogP contribution in [0.15, 0.2) is 22.6 Å². The number of amides is 2. The van der Waals surface area contributed by atoms with Crippen LogP contribution in [0, 0.1) is 0 Å². The van der Waals surface area contributed by atoms with Gasteiger partial charge >= 0.3 is 12.0 Å². The van der Waals surface area contributed by atoms with E-state index in [1.807, 2.05) is 6.92 Å². The lowest BCUT2D eigenvalue weighted by atomic mass is 10.2. The number of nitrogens with one attached hydrogen (secondary N) is 2. The molecule has 0 bridgehead atoms. The lowest BCUT2D eigenvalue weighted by molar-refractivity contribution is 0.0600. The fourth-order valence-corrected chi connectivity index (χ4v) is 1.88. The third-order valence-corrected chi connectivity index (χ3v) is 3.08. The Labute approximate surface area is 138 Å². The summed E-state index contributed by atoms with van der Waals surface area (Å²) in [6.45, 7) is 1.97. The summed E-state index contributed by atoms with van der Waals surface area (Å²) in [5.41, 5.74) is 0.621. The molecule has 0 saturated heterocycles. The van der Waals surface area contributed by atoms with Crippen molar-refractivity contribution in [2.75, 3.05) is 19.5 Å². The first-order valence-corrected chi connectivity index (χ1v) is 7.19. The van der Waals surface area contributed by atoms with Crippen molar-refractivity contribution in [2.45, 2.75) is 19.9 Å². The van der Waals surface area contributed by atoms with Crippen molar-refractivity contribution in [2.24, 2.45) is 0 Å². The molecule has 0 radical (unpaired) electrons. The van der Waals surface area contributed by atoms with E-state index in [0.717, 1.165) is 0 Å². The van der Waals surface area contributed by atoms with Crippen molar-refractivity contribution in [1.29, 1.82) is 0 Å². The first-order chi connectivity index (χ1) is 11.6. The molecule has 0 fully saturated rings. The smallest absolute Gasteiger partial charge is 0.337 e. The molecule has 24 heavy (non-hydrogen) atoms. The van der Waals surface area contributed by atoms with Gasteiger partial charge in [-0.15, -0.1) is 10.2 Å². The molecule has 1 heterocycles. The van der Waals surface area contributed by atoms with Gasteiger partial charge in [-0.1, -0.05) is 6.92 Å². The number of urea groups is 1. The van der Waals surface area contributed by atoms with E-state index < -0.39 is 12.0 Å². The fraction of sp³-hybridized carbons (Fsp3) is 0.333. The van der Waals surface area contributed by atoms with Gasteiger partial charge in [0.05, 0.1) is 32.0 Å². The summed E-state index contributed by atoms with van der Waals surface area (Å²) in [5, 5.41) is 12.8. The fourth-order valence-electron chi connectivity index (χ4n) is 1.88. The maximum atomic E-state index is 12.0. The highest BCUT2D eigenvalue weighted by Gasteiger charge is 2.13. The van der Waals surface area contributed by atoms with E-state index >= 15 is 0 Å². The average Bonchev–Trinajstić information content (AvgIpc) is 3.07. The Morgan fingerprint density at radius 1 is 1.21 bits per heavy atom. The third-order valence-electron chi connectivity index (χ3n) is 3.08. The Bertz CT molecular complexity index is 728. The molecule has 0 aliphatic heterocycles. The van der Waals surface area contributed by atoms with E-state index in [4.69, 9.17) is 9.15 Å². The summed E-state index contributed by atoms with van der Waals surface area (Å²) in [5.74, 6) is 0.694. The molecule has 2 aromatic rings. The molecule has 9 nitrogen and oxygen atoms in total. The number of ether oxygens (including phenoxy) is 2. The van der Waals surface area contributed by atoms with Crippen LogP contribution in [0.5, 0.6) is 5.75 Å². The largest absolute Gasteiger partial charge is 0.495 e. The predicted octanol–water partition coefficient (Wildman–Crippen LogP) is 1.75. The van der Waals surface area contributed by atoms with E-state index in [1.165, 1.54) is 20.3 Å². The SMILES string of the molecule is CCc1nnc(CNC(=O)Nc2cc(C(=O)OC)ccc2OC)o1. The number of aryl methyl sites for hydroxylation is 1. The zero-order valence-corrected chi connectivity index (χ0v) is 13.6. The number of esters is 1. The summed E-state index contributed by atoms with van der Waals surface area (Å²) in [6, 6.07) is 4.06. The maximum absolute atomic E-state index is 12.0. The van der Waals surface area contributed by atoms with Gasteiger partial charge < -0.3 is 24.5 Å². The van der Waals surface area contributed by atoms with E-state index in [0.29, 0.717) is 29.6 Å². The summed E-state index contributed by atoms with van der Waals surface area (Å²) in [7, 11) is 2.74. The first-order valence-electron chi connectivity index (χ1n) is 7.19. The molecular formula is C15H18N4O5. The average molecular weight is 334 g/mol. The van der Waals surface area contributed by atoms with Gasteiger partial charge in [0.1, 0.15) is 5.75 Å². The van der Waals surface area contributed by atoms with Crippen LogP contribution in [0.3, 0.4) is 0 Å². The molecule has 9 heteroatoms. The van der Waals surface area contributed by atoms with E-state index in [2.05, 4.69) is 25.6 Å². The van der Waals surface area contributed by atoms with Gasteiger partial charge in [-0.3, -0.25) is 0 Å². The number of hydrogen-bond donors (Lipinski definition) is 2. The monoisotopic (exact) mass is 334 g/mol. The zero-order valence-electron chi connectivity index (χ0n) is 13.6. The van der Waals surface area contributed by atoms with Gasteiger partial charge in [0, 0.05) is 6.42 Å². The Morgan fingerprint density at radius 2 is 1.96 bits per heavy atom. The van der Waals surface area contributed by atoms with Crippen LogP contribution in [0.1, 0.15) is 29.1 Å². The van der Waals surface area contributed by atoms with Crippen LogP contribution in [-0.2, 0) is 17.7 Å². The van der Waals surface area contributed by atoms with Crippen molar-refractivity contribution in [3.63, 3.8) is 0 Å². The topological polar surface area (TPSA) is 116 Å². The molecule has 2 amide bonds. The number of benzene rings is 1. The predicted molar refractivity (Wildman–Crippen MR) is 83.9 cm³/mol. The summed E-state index contributed by atoms with van der Waals surface area (Å²) in [6.07, 6.45) is 0.622. The summed E-state index contributed by atoms with van der Waals surface area (Å²) < 4.78 is 15.1. The molecule has 2 N–H and O–H groups in total. The Hall–Kier alpha value is -3.10. The van der Waals surface area contributed by atoms with Crippen molar-refractivity contribution in [1.82, 2.24) is 15.5 Å². The molecule has 1 aromatic carbocycles. The minimum atomic E-state index is -0.515. The zero-order chi connectivity index (χ0) is 17.5. The van der Waals surface area contributed by atoms with Crippen LogP contribution in [0.4, 0.5) is 10.5 Å². The Morgan fingerprint density at radius 3 is 2.58 bits per heavy atom. The Balaban J connectivity index is 2.02. The molecule has 2 rings (SSSR count). The van der Waals surface area contributed by atoms with Crippen LogP contribution in [-0.4, -0.2) is 36.4 Å². The second-order valence-corrected chi connectivity index (χ2v) is 4.66. The first kappa shape index (κ1) is 17.3. The number of anilines is 1. The summed E-state index contributed by atoms with van der Waals surface area (Å²) in [4.78, 5) is 23.6. The van der Waals surface area contributed by atoms with Gasteiger partial charge in [-0.05, 0) is 18.2 Å². The van der Waals surface area contributed by atoms with Crippen molar-refractivity contribution < 1.29 is 23.5 Å². The minimum absolute atomic E-state index is 0.0812. The Kier molecular flexibility index (Phi) is 5.72. The van der Waals surface area contributed by atoms with Gasteiger partial charge in [-0.25, -0.2) is 9.59 Å². The highest BCUT2D eigenvalue weighted by Crippen LogP contribution is 2.25. The van der Waals surface area contributed by atoms with E-state index in [1.54, 1.807) is 12.1 Å². The van der Waals surface area contributed by atoms with Gasteiger partial charge in [-0.2, -0.15) is 0 Å². The van der Waals surface area contributed by atoms with E-state index in [-0.39, 0.29) is 12.1 Å². The molecule has 1 aromatic heterocycles. The van der Waals surface area contributed by atoms with Crippen molar-refractivity contribution in [3.8, 4) is 5.75 Å². The van der Waals surface area contributed by atoms with Crippen LogP contribution in [0.25, 0.3) is 0 Å². The minimum Gasteiger partial charge on any atom is -0.495 e. The number of aromatic nitrogens is 2. The normalized spacial score (nSPS) is 10.1. The quantitative estimate of drug-likeness (QED) is 0.773. The van der Waals surface area contributed by atoms with Gasteiger partial charge in [0.25, 0.3) is 0 Å². The molecule has 0 spiro atoms. The number of carbonyl (C=O) groups excluding carboxylic acids is 2. The number of hydrogen-bond acceptors (Lipinski definition) is 7. The standard InChI is InChI=1S/C15H18N4O5/c1-4-12-18-19-13(24-12)8-16-15(21)17-10-7-9(14(20)23-3)5-6-11(10)22-2/h5-7H,4,8H2,1-3H3,(H2,16,17,21). The maximum Gasteiger partial charge on any atom is 0.337 e. The molecule has 0 aliphatic rings. The third kappa shape index (κ3) is 4.22. The number of rotatable bonds is 6. The van der Waals surface area contributed by atoms with E-state index in [9.17, 15) is 9.59 Å². The molecule has 128 valence electrons. The lowest BCUT2D eigenvalue weighted by Gasteiger charge is -2.11. The molecule has 0 saturated carbocycles. The van der Waals surface area contributed by atoms with Crippen LogP contribution >= 0.6 is 0 Å². The highest BCUT2D eigenvalue weighted by atomic mass is 16.5. The van der Waals surface area contributed by atoms with Gasteiger partial charge in [0.15, 0.2) is 0 Å². The molecule has 0 atom stereocenters. The molecule has 0 unspecified atom stereocenters. The highest BCUT2D eigenvalue weighted by molar-refractivity contribution is 5.95. The second-order valence-electron chi connectivity index (χ2n) is 4.66. The number of nitrogens with zero attached hydrogens (tertiary/aromatic N) is 2. The molecular weight excluding hydrogens is 316 g/mol. The number of carbonyl (C=O) groups is 2. The van der Waals surface area contributed by atoms with Crippen molar-refractivity contribution >= 4 is 17.7 Å². The second kappa shape index (κ2) is 7.95. The van der Waals surface area contributed by atoms with Gasteiger partial charge in [0.2, 0.25) is 11.8 Å². The van der Waals surface area contributed by atoms with Crippen LogP contribution < -0.4 is 15.4 Å². The van der Waals surface area contributed by atoms with Crippen LogP contribution in [0.2, 0.25) is 0 Å².